The molecule has 8 nitrogen and oxygen atoms in total. The third-order valence-corrected chi connectivity index (χ3v) is 7.12. The lowest BCUT2D eigenvalue weighted by Crippen LogP contribution is -2.42. The van der Waals surface area contributed by atoms with Crippen molar-refractivity contribution in [2.24, 2.45) is 0 Å². The Balaban J connectivity index is 1.47. The number of nitrogens with one attached hydrogen (secondary N) is 1. The zero-order chi connectivity index (χ0) is 20.6. The maximum absolute atomic E-state index is 12.7. The van der Waals surface area contributed by atoms with Gasteiger partial charge in [0.15, 0.2) is 21.6 Å². The highest BCUT2D eigenvalue weighted by molar-refractivity contribution is 7.91. The third kappa shape index (κ3) is 4.05. The number of sulfone groups is 1. The summed E-state index contributed by atoms with van der Waals surface area (Å²) < 4.78 is 30.2. The Bertz CT molecular complexity index is 1050. The minimum Gasteiger partial charge on any atom is -0.448 e. The van der Waals surface area contributed by atoms with Crippen LogP contribution in [-0.4, -0.2) is 53.7 Å². The Morgan fingerprint density at radius 2 is 2.00 bits per heavy atom. The minimum absolute atomic E-state index is 0.0647. The number of carbonyl (C=O) groups is 2. The van der Waals surface area contributed by atoms with E-state index in [0.717, 1.165) is 36.2 Å². The fraction of sp³-hybridized carbons (Fsp3) is 0.450. The molecule has 1 aromatic carbocycles. The summed E-state index contributed by atoms with van der Waals surface area (Å²) in [5.41, 5.74) is 2.98. The summed E-state index contributed by atoms with van der Waals surface area (Å²) in [5.74, 6) is -1.15. The fourth-order valence-corrected chi connectivity index (χ4v) is 5.55. The van der Waals surface area contributed by atoms with Gasteiger partial charge >= 0.3 is 5.97 Å². The zero-order valence-corrected chi connectivity index (χ0v) is 16.9. The van der Waals surface area contributed by atoms with Crippen molar-refractivity contribution >= 4 is 21.7 Å². The van der Waals surface area contributed by atoms with E-state index in [4.69, 9.17) is 4.74 Å². The van der Waals surface area contributed by atoms with Crippen LogP contribution in [-0.2, 0) is 32.2 Å². The number of hydrogen-bond donors (Lipinski definition) is 1. The summed E-state index contributed by atoms with van der Waals surface area (Å²) in [7, 11) is -3.10. The maximum atomic E-state index is 12.7. The van der Waals surface area contributed by atoms with Gasteiger partial charge in [-0.25, -0.2) is 17.9 Å². The molecule has 2 atom stereocenters. The molecule has 1 N–H and O–H groups in total. The third-order valence-electron chi connectivity index (χ3n) is 5.36. The van der Waals surface area contributed by atoms with Crippen molar-refractivity contribution in [3.05, 3.63) is 47.3 Å². The Hall–Kier alpha value is -2.68. The molecule has 0 bridgehead atoms. The number of esters is 1. The standard InChI is InChI=1S/C20H23N3O5S/c1-13(19(24)21-14-10-11-29(26,27)12-14)28-20(25)18-16-8-5-9-17(16)23(22-18)15-6-3-2-4-7-15/h2-4,6-7,13-14H,5,8-12H2,1H3,(H,21,24)/t13-,14+/m0/s1. The van der Waals surface area contributed by atoms with Gasteiger partial charge in [0, 0.05) is 17.3 Å². The van der Waals surface area contributed by atoms with Gasteiger partial charge in [0.1, 0.15) is 0 Å². The molecule has 0 unspecified atom stereocenters. The molecule has 154 valence electrons. The second-order valence-electron chi connectivity index (χ2n) is 7.53. The van der Waals surface area contributed by atoms with Crippen LogP contribution in [0, 0.1) is 0 Å². The average Bonchev–Trinajstić information content (AvgIpc) is 3.37. The van der Waals surface area contributed by atoms with Crippen molar-refractivity contribution in [3.8, 4) is 5.69 Å². The maximum Gasteiger partial charge on any atom is 0.359 e. The largest absolute Gasteiger partial charge is 0.448 e. The number of fused-ring (bicyclic) bond motifs is 1. The van der Waals surface area contributed by atoms with Gasteiger partial charge < -0.3 is 10.1 Å². The Kier molecular flexibility index (Phi) is 5.16. The van der Waals surface area contributed by atoms with Crippen LogP contribution in [0.3, 0.4) is 0 Å². The summed E-state index contributed by atoms with van der Waals surface area (Å²) in [6.45, 7) is 1.48. The summed E-state index contributed by atoms with van der Waals surface area (Å²) >= 11 is 0. The van der Waals surface area contributed by atoms with Gasteiger partial charge in [-0.05, 0) is 44.7 Å². The molecule has 0 spiro atoms. The number of nitrogens with zero attached hydrogens (tertiary/aromatic N) is 2. The minimum atomic E-state index is -3.10. The van der Waals surface area contributed by atoms with Crippen LogP contribution in [0.2, 0.25) is 0 Å². The van der Waals surface area contributed by atoms with Crippen LogP contribution in [0.5, 0.6) is 0 Å². The van der Waals surface area contributed by atoms with Crippen LogP contribution in [0.1, 0.15) is 41.5 Å². The van der Waals surface area contributed by atoms with Crippen molar-refractivity contribution in [1.29, 1.82) is 0 Å². The molecule has 1 amide bonds. The van der Waals surface area contributed by atoms with Crippen LogP contribution in [0.25, 0.3) is 5.69 Å². The first-order valence-corrected chi connectivity index (χ1v) is 11.5. The molecule has 2 heterocycles. The summed E-state index contributed by atoms with van der Waals surface area (Å²) in [6, 6.07) is 9.14. The van der Waals surface area contributed by atoms with Gasteiger partial charge in [-0.3, -0.25) is 4.79 Å². The normalized spacial score (nSPS) is 20.8. The highest BCUT2D eigenvalue weighted by Crippen LogP contribution is 2.28. The summed E-state index contributed by atoms with van der Waals surface area (Å²) in [5, 5.41) is 7.12. The molecular formula is C20H23N3O5S. The van der Waals surface area contributed by atoms with Gasteiger partial charge in [0.25, 0.3) is 5.91 Å². The SMILES string of the molecule is C[C@H](OC(=O)c1nn(-c2ccccc2)c2c1CCC2)C(=O)N[C@@H]1CCS(=O)(=O)C1. The van der Waals surface area contributed by atoms with E-state index in [1.807, 2.05) is 30.3 Å². The number of ether oxygens (including phenoxy) is 1. The second-order valence-corrected chi connectivity index (χ2v) is 9.76. The lowest BCUT2D eigenvalue weighted by atomic mass is 10.2. The van der Waals surface area contributed by atoms with Crippen LogP contribution in [0.4, 0.5) is 0 Å². The van der Waals surface area contributed by atoms with Crippen LogP contribution in [0.15, 0.2) is 30.3 Å². The van der Waals surface area contributed by atoms with E-state index in [1.165, 1.54) is 6.92 Å². The molecule has 9 heteroatoms. The predicted molar refractivity (Wildman–Crippen MR) is 106 cm³/mol. The topological polar surface area (TPSA) is 107 Å². The molecular weight excluding hydrogens is 394 g/mol. The molecule has 0 saturated carbocycles. The number of benzene rings is 1. The van der Waals surface area contributed by atoms with Crippen molar-refractivity contribution in [3.63, 3.8) is 0 Å². The molecule has 2 aromatic rings. The highest BCUT2D eigenvalue weighted by Gasteiger charge is 2.32. The molecule has 4 rings (SSSR count). The molecule has 29 heavy (non-hydrogen) atoms. The monoisotopic (exact) mass is 417 g/mol. The number of hydrogen-bond acceptors (Lipinski definition) is 6. The van der Waals surface area contributed by atoms with Crippen LogP contribution >= 0.6 is 0 Å². The molecule has 1 fully saturated rings. The summed E-state index contributed by atoms with van der Waals surface area (Å²) in [6.07, 6.45) is 1.85. The lowest BCUT2D eigenvalue weighted by molar-refractivity contribution is -0.129. The van der Waals surface area contributed by atoms with Crippen molar-refractivity contribution < 1.29 is 22.7 Å². The van der Waals surface area contributed by atoms with E-state index in [1.54, 1.807) is 4.68 Å². The second kappa shape index (κ2) is 7.62. The Morgan fingerprint density at radius 1 is 1.24 bits per heavy atom. The number of para-hydroxylation sites is 1. The molecule has 1 aliphatic heterocycles. The predicted octanol–water partition coefficient (Wildman–Crippen LogP) is 1.21. The first kappa shape index (κ1) is 19.6. The van der Waals surface area contributed by atoms with Gasteiger partial charge in [0.2, 0.25) is 0 Å². The van der Waals surface area contributed by atoms with Gasteiger partial charge in [-0.2, -0.15) is 5.10 Å². The first-order valence-electron chi connectivity index (χ1n) is 9.72. The van der Waals surface area contributed by atoms with E-state index in [-0.39, 0.29) is 17.2 Å². The smallest absolute Gasteiger partial charge is 0.359 e. The van der Waals surface area contributed by atoms with Crippen molar-refractivity contribution in [2.75, 3.05) is 11.5 Å². The van der Waals surface area contributed by atoms with Crippen molar-refractivity contribution in [2.45, 2.75) is 44.8 Å². The molecule has 0 radical (unpaired) electrons. The molecule has 1 saturated heterocycles. The molecule has 1 aromatic heterocycles. The zero-order valence-electron chi connectivity index (χ0n) is 16.1. The lowest BCUT2D eigenvalue weighted by Gasteiger charge is -2.16. The van der Waals surface area contributed by atoms with E-state index < -0.39 is 33.9 Å². The number of carbonyl (C=O) groups excluding carboxylic acids is 2. The Labute approximate surface area is 169 Å². The van der Waals surface area contributed by atoms with E-state index >= 15 is 0 Å². The number of amides is 1. The van der Waals surface area contributed by atoms with E-state index in [9.17, 15) is 18.0 Å². The van der Waals surface area contributed by atoms with Gasteiger partial charge in [-0.15, -0.1) is 0 Å². The van der Waals surface area contributed by atoms with Gasteiger partial charge in [-0.1, -0.05) is 18.2 Å². The van der Waals surface area contributed by atoms with E-state index in [2.05, 4.69) is 10.4 Å². The van der Waals surface area contributed by atoms with Crippen LogP contribution < -0.4 is 5.32 Å². The Morgan fingerprint density at radius 3 is 2.69 bits per heavy atom. The van der Waals surface area contributed by atoms with Crippen molar-refractivity contribution in [1.82, 2.24) is 15.1 Å². The quantitative estimate of drug-likeness (QED) is 0.733. The first-order chi connectivity index (χ1) is 13.8. The number of aromatic nitrogens is 2. The average molecular weight is 417 g/mol. The van der Waals surface area contributed by atoms with E-state index in [0.29, 0.717) is 6.42 Å². The fourth-order valence-electron chi connectivity index (χ4n) is 3.88. The number of rotatable bonds is 5. The van der Waals surface area contributed by atoms with Gasteiger partial charge in [0.05, 0.1) is 17.2 Å². The highest BCUT2D eigenvalue weighted by atomic mass is 32.2. The molecule has 1 aliphatic carbocycles. The summed E-state index contributed by atoms with van der Waals surface area (Å²) in [4.78, 5) is 25.1. The molecule has 2 aliphatic rings.